The van der Waals surface area contributed by atoms with Crippen LogP contribution in [-0.2, 0) is 18.0 Å². The third-order valence-corrected chi connectivity index (χ3v) is 7.70. The van der Waals surface area contributed by atoms with E-state index in [1.165, 1.54) is 12.1 Å². The van der Waals surface area contributed by atoms with E-state index < -0.39 is 11.6 Å². The van der Waals surface area contributed by atoms with Gasteiger partial charge in [0.25, 0.3) is 0 Å². The number of carbonyl (C=O) groups is 1. The van der Waals surface area contributed by atoms with Gasteiger partial charge >= 0.3 is 0 Å². The van der Waals surface area contributed by atoms with Gasteiger partial charge < -0.3 is 14.6 Å². The molecule has 0 unspecified atom stereocenters. The number of hydrogen-bond donors (Lipinski definition) is 1. The summed E-state index contributed by atoms with van der Waals surface area (Å²) in [5.74, 6) is 0.0161. The summed E-state index contributed by atoms with van der Waals surface area (Å²) in [7, 11) is 0. The Bertz CT molecular complexity index is 1840. The Morgan fingerprint density at radius 3 is 1.59 bits per heavy atom. The molecule has 4 aromatic rings. The van der Waals surface area contributed by atoms with Gasteiger partial charge in [-0.3, -0.25) is 9.79 Å². The van der Waals surface area contributed by atoms with Gasteiger partial charge in [0.15, 0.2) is 6.29 Å². The summed E-state index contributed by atoms with van der Waals surface area (Å²) in [6, 6.07) is 28.6. The van der Waals surface area contributed by atoms with E-state index in [-0.39, 0.29) is 18.7 Å². The molecule has 0 bridgehead atoms. The van der Waals surface area contributed by atoms with Gasteiger partial charge in [-0.1, -0.05) is 83.9 Å². The van der Waals surface area contributed by atoms with Crippen molar-refractivity contribution in [3.05, 3.63) is 152 Å². The summed E-state index contributed by atoms with van der Waals surface area (Å²) < 4.78 is 39.8. The number of aldehydes is 1. The average molecular weight is 662 g/mol. The number of rotatable bonds is 10. The summed E-state index contributed by atoms with van der Waals surface area (Å²) in [5, 5.41) is 9.91. The highest BCUT2D eigenvalue weighted by atomic mass is 35.5. The normalized spacial score (nSPS) is 14.0. The van der Waals surface area contributed by atoms with Gasteiger partial charge in [0.05, 0.1) is 28.8 Å². The molecular weight excluding hydrogens is 633 g/mol. The zero-order valence-electron chi connectivity index (χ0n) is 24.4. The number of hydrogen-bond acceptors (Lipinski definition) is 6. The Morgan fingerprint density at radius 2 is 1.17 bits per heavy atom. The summed E-state index contributed by atoms with van der Waals surface area (Å²) in [6.07, 6.45) is 1.17. The molecule has 0 fully saturated rings. The first-order valence-corrected chi connectivity index (χ1v) is 15.0. The lowest BCUT2D eigenvalue weighted by Crippen LogP contribution is -2.02. The molecule has 6 nitrogen and oxygen atoms in total. The summed E-state index contributed by atoms with van der Waals surface area (Å²) >= 11 is 11.9. The molecule has 0 atom stereocenters. The van der Waals surface area contributed by atoms with Crippen molar-refractivity contribution in [3.63, 3.8) is 0 Å². The monoisotopic (exact) mass is 660 g/mol. The van der Waals surface area contributed by atoms with Crippen LogP contribution in [0.5, 0.6) is 11.5 Å². The molecule has 0 spiro atoms. The molecule has 0 amide bonds. The molecule has 4 aromatic carbocycles. The molecule has 1 N–H and O–H groups in total. The average Bonchev–Trinajstić information content (AvgIpc) is 3.65. The van der Waals surface area contributed by atoms with Gasteiger partial charge in [-0.05, 0) is 35.4 Å². The van der Waals surface area contributed by atoms with E-state index in [9.17, 15) is 13.6 Å². The Kier molecular flexibility index (Phi) is 11.1. The molecule has 10 heteroatoms. The van der Waals surface area contributed by atoms with Crippen molar-refractivity contribution < 1.29 is 28.2 Å². The van der Waals surface area contributed by atoms with Crippen LogP contribution in [0.1, 0.15) is 35.1 Å². The van der Waals surface area contributed by atoms with Crippen molar-refractivity contribution in [2.45, 2.75) is 26.1 Å². The predicted molar refractivity (Wildman–Crippen MR) is 176 cm³/mol. The van der Waals surface area contributed by atoms with Crippen molar-refractivity contribution in [2.24, 2.45) is 9.98 Å². The number of halogens is 4. The predicted octanol–water partition coefficient (Wildman–Crippen LogP) is 8.29. The van der Waals surface area contributed by atoms with Crippen LogP contribution in [0.15, 0.2) is 129 Å². The maximum atomic E-state index is 14.3. The van der Waals surface area contributed by atoms with Crippen LogP contribution in [0.3, 0.4) is 0 Å². The van der Waals surface area contributed by atoms with E-state index in [4.69, 9.17) is 37.8 Å². The minimum Gasteiger partial charge on any atom is -0.489 e. The van der Waals surface area contributed by atoms with Crippen LogP contribution in [0.25, 0.3) is 0 Å². The van der Waals surface area contributed by atoms with Gasteiger partial charge in [0.2, 0.25) is 0 Å². The van der Waals surface area contributed by atoms with Crippen molar-refractivity contribution >= 4 is 40.9 Å². The molecule has 6 rings (SSSR count). The highest BCUT2D eigenvalue weighted by Gasteiger charge is 2.21. The summed E-state index contributed by atoms with van der Waals surface area (Å²) in [5.41, 5.74) is 4.24. The zero-order valence-corrected chi connectivity index (χ0v) is 25.9. The molecule has 0 aliphatic carbocycles. The van der Waals surface area contributed by atoms with E-state index in [1.54, 1.807) is 24.3 Å². The third kappa shape index (κ3) is 8.34. The molecule has 0 saturated heterocycles. The maximum Gasteiger partial charge on any atom is 0.169 e. The molecule has 0 saturated carbocycles. The molecule has 2 aliphatic heterocycles. The van der Waals surface area contributed by atoms with E-state index in [2.05, 4.69) is 9.98 Å². The Morgan fingerprint density at radius 1 is 0.696 bits per heavy atom. The largest absolute Gasteiger partial charge is 0.489 e. The van der Waals surface area contributed by atoms with E-state index >= 15 is 0 Å². The van der Waals surface area contributed by atoms with Crippen LogP contribution in [0.4, 0.5) is 8.78 Å². The van der Waals surface area contributed by atoms with Crippen molar-refractivity contribution in [1.82, 2.24) is 0 Å². The number of aliphatic hydroxyl groups excluding tert-OH is 1. The lowest BCUT2D eigenvalue weighted by molar-refractivity contribution is -0.104. The lowest BCUT2D eigenvalue weighted by atomic mass is 10.1. The molecule has 46 heavy (non-hydrogen) atoms. The van der Waals surface area contributed by atoms with Crippen molar-refractivity contribution in [3.8, 4) is 11.5 Å². The number of allylic oxidation sites excluding steroid dienone is 3. The first-order chi connectivity index (χ1) is 22.3. The van der Waals surface area contributed by atoms with E-state index in [1.807, 2.05) is 60.7 Å². The number of aliphatic imine (C=N–C) groups is 2. The first-order valence-electron chi connectivity index (χ1n) is 14.2. The first kappa shape index (κ1) is 32.8. The smallest absolute Gasteiger partial charge is 0.169 e. The third-order valence-electron chi connectivity index (χ3n) is 7.02. The fourth-order valence-electron chi connectivity index (χ4n) is 4.64. The lowest BCUT2D eigenvalue weighted by Gasteiger charge is -2.09. The van der Waals surface area contributed by atoms with Gasteiger partial charge in [-0.2, -0.15) is 0 Å². The van der Waals surface area contributed by atoms with Crippen molar-refractivity contribution in [2.75, 3.05) is 6.61 Å². The van der Waals surface area contributed by atoms with Crippen LogP contribution < -0.4 is 9.47 Å². The minimum atomic E-state index is -0.453. The maximum absolute atomic E-state index is 14.3. The molecule has 2 aliphatic rings. The standard InChI is InChI=1S/C18H15ClFNO2.C18H13ClFNO2/c2*19-15-9-17(21-18(15)10-22)14-7-6-13(8-16(14)20)23-11-12-4-2-1-3-5-12/h1-8,22H,9-11H2;1-8,10H,9,11H2. The minimum absolute atomic E-state index is 0.158. The molecule has 2 heterocycles. The number of ether oxygens (including phenoxy) is 2. The fraction of sp³-hybridized carbons (Fsp3) is 0.139. The molecule has 234 valence electrons. The van der Waals surface area contributed by atoms with Gasteiger partial charge in [0, 0.05) is 41.1 Å². The summed E-state index contributed by atoms with van der Waals surface area (Å²) in [4.78, 5) is 19.0. The second kappa shape index (κ2) is 15.6. The topological polar surface area (TPSA) is 80.5 Å². The van der Waals surface area contributed by atoms with E-state index in [0.29, 0.717) is 75.7 Å². The highest BCUT2D eigenvalue weighted by Crippen LogP contribution is 2.29. The summed E-state index contributed by atoms with van der Waals surface area (Å²) in [6.45, 7) is 0.494. The number of benzene rings is 4. The van der Waals surface area contributed by atoms with E-state index in [0.717, 1.165) is 11.1 Å². The number of carbonyl (C=O) groups excluding carboxylic acids is 1. The fourth-order valence-corrected chi connectivity index (χ4v) is 5.08. The molecular formula is C36H28Cl2F2N2O4. The number of nitrogens with zero attached hydrogens (tertiary/aromatic N) is 2. The molecule has 0 aromatic heterocycles. The highest BCUT2D eigenvalue weighted by molar-refractivity contribution is 6.34. The Balaban J connectivity index is 0.000000181. The van der Waals surface area contributed by atoms with Crippen LogP contribution in [0, 0.1) is 11.6 Å². The Labute approximate surface area is 275 Å². The quantitative estimate of drug-likeness (QED) is 0.174. The second-order valence-electron chi connectivity index (χ2n) is 10.2. The van der Waals surface area contributed by atoms with Gasteiger partial charge in [-0.25, -0.2) is 13.8 Å². The van der Waals surface area contributed by atoms with Crippen LogP contribution in [0.2, 0.25) is 0 Å². The van der Waals surface area contributed by atoms with Crippen molar-refractivity contribution in [1.29, 1.82) is 0 Å². The number of aliphatic hydroxyl groups is 1. The SMILES string of the molecule is O=CC1=C(Cl)CC(c2ccc(OCc3ccccc3)cc2F)=N1.OCC1=C(Cl)CC(c2ccc(OCc3ccccc3)cc2F)=N1. The van der Waals surface area contributed by atoms with Crippen LogP contribution >= 0.6 is 23.2 Å². The van der Waals surface area contributed by atoms with Gasteiger partial charge in [-0.15, -0.1) is 0 Å². The molecule has 0 radical (unpaired) electrons. The zero-order chi connectivity index (χ0) is 32.5. The van der Waals surface area contributed by atoms with Gasteiger partial charge in [0.1, 0.15) is 42.0 Å². The second-order valence-corrected chi connectivity index (χ2v) is 11.1. The van der Waals surface area contributed by atoms with Crippen LogP contribution in [-0.4, -0.2) is 29.4 Å². The Hall–Kier alpha value is -4.63.